The lowest BCUT2D eigenvalue weighted by Crippen LogP contribution is -2.16. The molecule has 1 aromatic heterocycles. The van der Waals surface area contributed by atoms with E-state index in [1.165, 1.54) is 0 Å². The maximum Gasteiger partial charge on any atom is 0.310 e. The number of aryl methyl sites for hydroxylation is 1. The smallest absolute Gasteiger partial charge is 0.310 e. The van der Waals surface area contributed by atoms with Gasteiger partial charge in [0, 0.05) is 11.9 Å². The van der Waals surface area contributed by atoms with Crippen molar-refractivity contribution in [3.63, 3.8) is 0 Å². The van der Waals surface area contributed by atoms with Crippen LogP contribution in [-0.4, -0.2) is 17.6 Å². The summed E-state index contributed by atoms with van der Waals surface area (Å²) in [6.07, 6.45) is 9.66. The van der Waals surface area contributed by atoms with Crippen LogP contribution in [0.1, 0.15) is 30.5 Å². The van der Waals surface area contributed by atoms with E-state index in [9.17, 15) is 4.79 Å². The summed E-state index contributed by atoms with van der Waals surface area (Å²) in [4.78, 5) is 15.8. The van der Waals surface area contributed by atoms with E-state index in [0.717, 1.165) is 30.5 Å². The number of carbonyl (C=O) groups excluding carboxylic acids is 1. The summed E-state index contributed by atoms with van der Waals surface area (Å²) >= 11 is 0. The summed E-state index contributed by atoms with van der Waals surface area (Å²) < 4.78 is 5.32. The van der Waals surface area contributed by atoms with E-state index in [0.29, 0.717) is 18.9 Å². The van der Waals surface area contributed by atoms with Crippen LogP contribution in [0.4, 0.5) is 0 Å². The second-order valence-corrected chi connectivity index (χ2v) is 4.82. The molecule has 0 N–H and O–H groups in total. The van der Waals surface area contributed by atoms with Crippen molar-refractivity contribution in [2.75, 3.05) is 6.61 Å². The van der Waals surface area contributed by atoms with Gasteiger partial charge >= 0.3 is 5.97 Å². The molecule has 96 valence electrons. The Morgan fingerprint density at radius 3 is 3.00 bits per heavy atom. The number of carbonyl (C=O) groups is 1. The third-order valence-corrected chi connectivity index (χ3v) is 3.18. The molecule has 1 atom stereocenters. The first-order valence-corrected chi connectivity index (χ1v) is 6.46. The van der Waals surface area contributed by atoms with Gasteiger partial charge in [-0.2, -0.15) is 0 Å². The zero-order chi connectivity index (χ0) is 12.8. The average molecular weight is 245 g/mol. The van der Waals surface area contributed by atoms with Crippen molar-refractivity contribution in [3.05, 3.63) is 41.7 Å². The lowest BCUT2D eigenvalue weighted by atomic mass is 9.95. The monoisotopic (exact) mass is 245 g/mol. The van der Waals surface area contributed by atoms with E-state index in [1.807, 2.05) is 19.1 Å². The first-order valence-electron chi connectivity index (χ1n) is 6.46. The van der Waals surface area contributed by atoms with Crippen molar-refractivity contribution in [1.82, 2.24) is 4.98 Å². The zero-order valence-electron chi connectivity index (χ0n) is 10.8. The quantitative estimate of drug-likeness (QED) is 0.605. The molecule has 0 saturated carbocycles. The number of hydrogen-bond acceptors (Lipinski definition) is 3. The van der Waals surface area contributed by atoms with Crippen LogP contribution in [0.2, 0.25) is 0 Å². The van der Waals surface area contributed by atoms with E-state index in [-0.39, 0.29) is 5.97 Å². The van der Waals surface area contributed by atoms with Crippen LogP contribution in [0, 0.1) is 12.8 Å². The fourth-order valence-corrected chi connectivity index (χ4v) is 2.04. The molecule has 2 rings (SSSR count). The molecule has 1 aliphatic rings. The number of rotatable bonds is 4. The number of ether oxygens (including phenoxy) is 1. The van der Waals surface area contributed by atoms with Gasteiger partial charge in [0.2, 0.25) is 0 Å². The highest BCUT2D eigenvalue weighted by molar-refractivity contribution is 5.72. The molecule has 0 saturated heterocycles. The van der Waals surface area contributed by atoms with Gasteiger partial charge in [-0.1, -0.05) is 18.2 Å². The molecular formula is C15H19NO2. The topological polar surface area (TPSA) is 39.2 Å². The first-order chi connectivity index (χ1) is 8.74. The van der Waals surface area contributed by atoms with Gasteiger partial charge in [0.25, 0.3) is 0 Å². The van der Waals surface area contributed by atoms with Crippen molar-refractivity contribution in [3.8, 4) is 0 Å². The second-order valence-electron chi connectivity index (χ2n) is 4.82. The minimum Gasteiger partial charge on any atom is -0.465 e. The predicted molar refractivity (Wildman–Crippen MR) is 70.1 cm³/mol. The van der Waals surface area contributed by atoms with Crippen molar-refractivity contribution in [2.24, 2.45) is 5.92 Å². The lowest BCUT2D eigenvalue weighted by molar-refractivity contribution is -0.144. The molecule has 1 heterocycles. The van der Waals surface area contributed by atoms with Gasteiger partial charge in [-0.15, -0.1) is 0 Å². The molecule has 3 heteroatoms. The molecule has 18 heavy (non-hydrogen) atoms. The minimum absolute atomic E-state index is 0.157. The third-order valence-electron chi connectivity index (χ3n) is 3.18. The molecule has 0 fully saturated rings. The van der Waals surface area contributed by atoms with Crippen LogP contribution in [0.3, 0.4) is 0 Å². The van der Waals surface area contributed by atoms with Crippen molar-refractivity contribution in [1.29, 1.82) is 0 Å². The third kappa shape index (κ3) is 3.99. The summed E-state index contributed by atoms with van der Waals surface area (Å²) in [6, 6.07) is 3.83. The first kappa shape index (κ1) is 12.8. The molecule has 0 amide bonds. The summed E-state index contributed by atoms with van der Waals surface area (Å²) in [5.41, 5.74) is 1.87. The largest absolute Gasteiger partial charge is 0.465 e. The number of hydrogen-bond donors (Lipinski definition) is 0. The number of pyridine rings is 1. The van der Waals surface area contributed by atoms with Crippen LogP contribution in [0.15, 0.2) is 30.5 Å². The second kappa shape index (κ2) is 6.34. The molecule has 0 aromatic carbocycles. The van der Waals surface area contributed by atoms with Gasteiger partial charge in [0.15, 0.2) is 0 Å². The highest BCUT2D eigenvalue weighted by Crippen LogP contribution is 2.18. The molecular weight excluding hydrogens is 226 g/mol. The van der Waals surface area contributed by atoms with Crippen molar-refractivity contribution >= 4 is 5.97 Å². The van der Waals surface area contributed by atoms with Crippen LogP contribution < -0.4 is 0 Å². The van der Waals surface area contributed by atoms with Crippen LogP contribution in [0.25, 0.3) is 0 Å². The molecule has 1 aromatic rings. The Labute approximate surface area is 108 Å². The van der Waals surface area contributed by atoms with E-state index < -0.39 is 0 Å². The predicted octanol–water partition coefficient (Wildman–Crippen LogP) is 2.83. The van der Waals surface area contributed by atoms with Crippen molar-refractivity contribution in [2.45, 2.75) is 32.6 Å². The SMILES string of the molecule is Cc1ccc(CC(=O)OCC2CC=CCC2)cn1. The number of aromatic nitrogens is 1. The van der Waals surface area contributed by atoms with E-state index in [4.69, 9.17) is 4.74 Å². The minimum atomic E-state index is -0.157. The number of allylic oxidation sites excluding steroid dienone is 2. The van der Waals surface area contributed by atoms with Gasteiger partial charge in [-0.25, -0.2) is 0 Å². The molecule has 0 radical (unpaired) electrons. The van der Waals surface area contributed by atoms with Gasteiger partial charge in [0.05, 0.1) is 13.0 Å². The van der Waals surface area contributed by atoms with E-state index in [2.05, 4.69) is 17.1 Å². The van der Waals surface area contributed by atoms with Crippen LogP contribution >= 0.6 is 0 Å². The molecule has 0 spiro atoms. The summed E-state index contributed by atoms with van der Waals surface area (Å²) in [5, 5.41) is 0. The van der Waals surface area contributed by atoms with Gasteiger partial charge in [0.1, 0.15) is 0 Å². The average Bonchev–Trinajstić information content (AvgIpc) is 2.40. The highest BCUT2D eigenvalue weighted by Gasteiger charge is 2.13. The number of nitrogens with zero attached hydrogens (tertiary/aromatic N) is 1. The Morgan fingerprint density at radius 2 is 2.33 bits per heavy atom. The number of esters is 1. The zero-order valence-corrected chi connectivity index (χ0v) is 10.8. The van der Waals surface area contributed by atoms with Gasteiger partial charge < -0.3 is 4.74 Å². The fourth-order valence-electron chi connectivity index (χ4n) is 2.04. The molecule has 0 aliphatic heterocycles. The summed E-state index contributed by atoms with van der Waals surface area (Å²) in [6.45, 7) is 2.47. The maximum absolute atomic E-state index is 11.7. The maximum atomic E-state index is 11.7. The molecule has 0 bridgehead atoms. The Balaban J connectivity index is 1.74. The standard InChI is InChI=1S/C15H19NO2/c1-12-7-8-14(10-16-12)9-15(17)18-11-13-5-3-2-4-6-13/h2-3,7-8,10,13H,4-6,9,11H2,1H3. The van der Waals surface area contributed by atoms with E-state index >= 15 is 0 Å². The Hall–Kier alpha value is -1.64. The van der Waals surface area contributed by atoms with Crippen molar-refractivity contribution < 1.29 is 9.53 Å². The van der Waals surface area contributed by atoms with Gasteiger partial charge in [-0.05, 0) is 43.7 Å². The Morgan fingerprint density at radius 1 is 1.44 bits per heavy atom. The summed E-state index contributed by atoms with van der Waals surface area (Å²) in [7, 11) is 0. The Kier molecular flexibility index (Phi) is 4.51. The summed E-state index contributed by atoms with van der Waals surface area (Å²) in [5.74, 6) is 0.338. The highest BCUT2D eigenvalue weighted by atomic mass is 16.5. The van der Waals surface area contributed by atoms with E-state index in [1.54, 1.807) is 6.20 Å². The van der Waals surface area contributed by atoms with Crippen LogP contribution in [-0.2, 0) is 16.0 Å². The molecule has 1 aliphatic carbocycles. The lowest BCUT2D eigenvalue weighted by Gasteiger charge is -2.17. The fraction of sp³-hybridized carbons (Fsp3) is 0.467. The van der Waals surface area contributed by atoms with Gasteiger partial charge in [-0.3, -0.25) is 9.78 Å². The normalized spacial score (nSPS) is 18.6. The molecule has 1 unspecified atom stereocenters. The Bertz CT molecular complexity index is 423. The molecule has 3 nitrogen and oxygen atoms in total. The van der Waals surface area contributed by atoms with Crippen LogP contribution in [0.5, 0.6) is 0 Å².